The topological polar surface area (TPSA) is 20.2 Å². The number of thiol groups is 1. The smallest absolute Gasteiger partial charge is 0.119 e. The number of benzene rings is 4. The van der Waals surface area contributed by atoms with Gasteiger partial charge < -0.3 is 5.11 Å². The summed E-state index contributed by atoms with van der Waals surface area (Å²) in [6.45, 7) is 0. The van der Waals surface area contributed by atoms with Gasteiger partial charge in [-0.15, -0.1) is 12.6 Å². The molecule has 4 rings (SSSR count). The minimum absolute atomic E-state index is 0.337. The van der Waals surface area contributed by atoms with Gasteiger partial charge in [0.2, 0.25) is 0 Å². The van der Waals surface area contributed by atoms with E-state index in [1.165, 1.54) is 10.8 Å². The molecule has 0 aromatic heterocycles. The van der Waals surface area contributed by atoms with Gasteiger partial charge in [-0.05, 0) is 39.2 Å². The predicted octanol–water partition coefficient (Wildman–Crippen LogP) is 5.58. The van der Waals surface area contributed by atoms with Gasteiger partial charge in [-0.2, -0.15) is 0 Å². The zero-order valence-electron chi connectivity index (χ0n) is 12.5. The minimum atomic E-state index is 0.337. The van der Waals surface area contributed by atoms with Crippen LogP contribution in [0.3, 0.4) is 0 Å². The summed E-state index contributed by atoms with van der Waals surface area (Å²) < 4.78 is 0. The molecule has 0 heterocycles. The highest BCUT2D eigenvalue weighted by Crippen LogP contribution is 2.33. The van der Waals surface area contributed by atoms with Gasteiger partial charge in [0.25, 0.3) is 0 Å². The number of hydrogen-bond acceptors (Lipinski definition) is 2. The van der Waals surface area contributed by atoms with Gasteiger partial charge in [0.15, 0.2) is 0 Å². The molecule has 0 bridgehead atoms. The summed E-state index contributed by atoms with van der Waals surface area (Å²) in [5, 5.41) is 15.0. The molecule has 0 radical (unpaired) electrons. The van der Waals surface area contributed by atoms with Crippen molar-refractivity contribution < 1.29 is 5.11 Å². The van der Waals surface area contributed by atoms with E-state index in [0.717, 1.165) is 26.8 Å². The maximum Gasteiger partial charge on any atom is 0.119 e. The first-order valence-electron chi connectivity index (χ1n) is 7.63. The zero-order valence-corrected chi connectivity index (χ0v) is 13.4. The molecule has 0 aliphatic carbocycles. The summed E-state index contributed by atoms with van der Waals surface area (Å²) in [5.74, 6) is 0.337. The lowest BCUT2D eigenvalue weighted by Gasteiger charge is -2.13. The van der Waals surface area contributed by atoms with Gasteiger partial charge in [-0.3, -0.25) is 0 Å². The molecule has 0 aliphatic rings. The number of rotatable bonds is 2. The van der Waals surface area contributed by atoms with Crippen molar-refractivity contribution in [2.75, 3.05) is 0 Å². The van der Waals surface area contributed by atoms with Crippen molar-refractivity contribution in [2.45, 2.75) is 11.3 Å². The third kappa shape index (κ3) is 2.45. The standard InChI is InChI=1S/C21H16OS/c22-20-11-9-14-5-1-3-7-16(14)18(20)13-19-17-8-4-2-6-15(17)10-12-21(19)23/h1-12,22-23H,13H2. The summed E-state index contributed by atoms with van der Waals surface area (Å²) in [6.07, 6.45) is 0.660. The van der Waals surface area contributed by atoms with Crippen LogP contribution in [0.25, 0.3) is 21.5 Å². The molecule has 4 aromatic carbocycles. The minimum Gasteiger partial charge on any atom is -0.508 e. The lowest BCUT2D eigenvalue weighted by molar-refractivity contribution is 0.470. The maximum atomic E-state index is 10.4. The third-order valence-corrected chi connectivity index (χ3v) is 4.80. The van der Waals surface area contributed by atoms with E-state index in [4.69, 9.17) is 0 Å². The van der Waals surface area contributed by atoms with E-state index in [-0.39, 0.29) is 0 Å². The SMILES string of the molecule is Oc1ccc2ccccc2c1Cc1c(S)ccc2ccccc12. The largest absolute Gasteiger partial charge is 0.508 e. The molecule has 4 aromatic rings. The lowest BCUT2D eigenvalue weighted by atomic mass is 9.94. The molecule has 1 nitrogen and oxygen atoms in total. The van der Waals surface area contributed by atoms with Crippen LogP contribution in [0, 0.1) is 0 Å². The van der Waals surface area contributed by atoms with Gasteiger partial charge >= 0.3 is 0 Å². The lowest BCUT2D eigenvalue weighted by Crippen LogP contribution is -1.94. The van der Waals surface area contributed by atoms with Crippen molar-refractivity contribution in [2.24, 2.45) is 0 Å². The highest BCUT2D eigenvalue weighted by Gasteiger charge is 2.12. The average molecular weight is 316 g/mol. The van der Waals surface area contributed by atoms with Crippen LogP contribution in [0.4, 0.5) is 0 Å². The summed E-state index contributed by atoms with van der Waals surface area (Å²) >= 11 is 4.65. The van der Waals surface area contributed by atoms with Crippen LogP contribution in [0.2, 0.25) is 0 Å². The van der Waals surface area contributed by atoms with Gasteiger partial charge in [0, 0.05) is 16.9 Å². The van der Waals surface area contributed by atoms with Crippen molar-refractivity contribution in [1.82, 2.24) is 0 Å². The molecule has 0 aliphatic heterocycles. The summed E-state index contributed by atoms with van der Waals surface area (Å²) in [6, 6.07) is 24.3. The van der Waals surface area contributed by atoms with Crippen molar-refractivity contribution in [3.8, 4) is 5.75 Å². The monoisotopic (exact) mass is 316 g/mol. The van der Waals surface area contributed by atoms with E-state index in [0.29, 0.717) is 12.2 Å². The molecule has 1 N–H and O–H groups in total. The van der Waals surface area contributed by atoms with Crippen LogP contribution in [0.5, 0.6) is 5.75 Å². The maximum absolute atomic E-state index is 10.4. The fraction of sp³-hybridized carbons (Fsp3) is 0.0476. The number of phenols is 1. The van der Waals surface area contributed by atoms with Crippen molar-refractivity contribution in [3.05, 3.63) is 83.9 Å². The van der Waals surface area contributed by atoms with Crippen LogP contribution in [-0.2, 0) is 6.42 Å². The normalized spacial score (nSPS) is 11.2. The molecule has 2 heteroatoms. The zero-order chi connectivity index (χ0) is 15.8. The van der Waals surface area contributed by atoms with Crippen LogP contribution < -0.4 is 0 Å². The van der Waals surface area contributed by atoms with E-state index in [1.54, 1.807) is 6.07 Å². The predicted molar refractivity (Wildman–Crippen MR) is 99.6 cm³/mol. The molecule has 112 valence electrons. The second kappa shape index (κ2) is 5.64. The Morgan fingerprint density at radius 1 is 0.652 bits per heavy atom. The first-order chi connectivity index (χ1) is 11.2. The van der Waals surface area contributed by atoms with Crippen molar-refractivity contribution in [3.63, 3.8) is 0 Å². The van der Waals surface area contributed by atoms with E-state index < -0.39 is 0 Å². The van der Waals surface area contributed by atoms with Crippen molar-refractivity contribution in [1.29, 1.82) is 0 Å². The fourth-order valence-corrected chi connectivity index (χ4v) is 3.47. The second-order valence-corrected chi connectivity index (χ2v) is 6.23. The molecule has 0 unspecified atom stereocenters. The highest BCUT2D eigenvalue weighted by molar-refractivity contribution is 7.80. The first-order valence-corrected chi connectivity index (χ1v) is 8.08. The summed E-state index contributed by atoms with van der Waals surface area (Å²) in [7, 11) is 0. The molecule has 0 spiro atoms. The molecule has 0 amide bonds. The quantitative estimate of drug-likeness (QED) is 0.463. The highest BCUT2D eigenvalue weighted by atomic mass is 32.1. The Morgan fingerprint density at radius 2 is 1.22 bits per heavy atom. The second-order valence-electron chi connectivity index (χ2n) is 5.75. The van der Waals surface area contributed by atoms with E-state index in [1.807, 2.05) is 36.4 Å². The molecule has 0 saturated carbocycles. The fourth-order valence-electron chi connectivity index (χ4n) is 3.20. The van der Waals surface area contributed by atoms with Crippen LogP contribution >= 0.6 is 12.6 Å². The van der Waals surface area contributed by atoms with E-state index in [9.17, 15) is 5.11 Å². The first kappa shape index (κ1) is 14.2. The third-order valence-electron chi connectivity index (χ3n) is 4.39. The van der Waals surface area contributed by atoms with E-state index >= 15 is 0 Å². The molecule has 0 saturated heterocycles. The Morgan fingerprint density at radius 3 is 1.91 bits per heavy atom. The average Bonchev–Trinajstić information content (AvgIpc) is 2.59. The Balaban J connectivity index is 1.95. The number of hydrogen-bond donors (Lipinski definition) is 2. The molecule has 0 atom stereocenters. The number of fused-ring (bicyclic) bond motifs is 2. The summed E-state index contributed by atoms with van der Waals surface area (Å²) in [5.41, 5.74) is 2.10. The number of phenolic OH excluding ortho intramolecular Hbond substituents is 1. The molecule has 23 heavy (non-hydrogen) atoms. The Labute approximate surface area is 140 Å². The Hall–Kier alpha value is -2.45. The van der Waals surface area contributed by atoms with E-state index in [2.05, 4.69) is 43.0 Å². The number of aromatic hydroxyl groups is 1. The van der Waals surface area contributed by atoms with Crippen LogP contribution in [0.15, 0.2) is 77.7 Å². The van der Waals surface area contributed by atoms with Crippen LogP contribution in [0.1, 0.15) is 11.1 Å². The Kier molecular flexibility index (Phi) is 3.47. The van der Waals surface area contributed by atoms with Gasteiger partial charge in [-0.1, -0.05) is 60.7 Å². The molecular weight excluding hydrogens is 300 g/mol. The van der Waals surface area contributed by atoms with Gasteiger partial charge in [0.05, 0.1) is 0 Å². The van der Waals surface area contributed by atoms with Crippen molar-refractivity contribution >= 4 is 34.2 Å². The van der Waals surface area contributed by atoms with Gasteiger partial charge in [-0.25, -0.2) is 0 Å². The van der Waals surface area contributed by atoms with Gasteiger partial charge in [0.1, 0.15) is 5.75 Å². The Bertz CT molecular complexity index is 937. The summed E-state index contributed by atoms with van der Waals surface area (Å²) in [4.78, 5) is 0.955. The molecule has 0 fully saturated rings. The molecular formula is C21H16OS. The van der Waals surface area contributed by atoms with Crippen LogP contribution in [-0.4, -0.2) is 5.11 Å².